The van der Waals surface area contributed by atoms with Gasteiger partial charge in [0.2, 0.25) is 5.91 Å². The highest BCUT2D eigenvalue weighted by atomic mass is 35.5. The fraction of sp³-hybridized carbons (Fsp3) is 0.208. The van der Waals surface area contributed by atoms with Gasteiger partial charge in [-0.1, -0.05) is 18.5 Å². The van der Waals surface area contributed by atoms with Crippen molar-refractivity contribution in [2.75, 3.05) is 5.32 Å². The Morgan fingerprint density at radius 2 is 2.09 bits per heavy atom. The molecule has 162 valence electrons. The molecule has 0 bridgehead atoms. The summed E-state index contributed by atoms with van der Waals surface area (Å²) in [5, 5.41) is 16.7. The molecule has 2 heterocycles. The lowest BCUT2D eigenvalue weighted by Crippen LogP contribution is -2.32. The number of halogens is 1. The maximum Gasteiger partial charge on any atom is 0.250 e. The highest BCUT2D eigenvalue weighted by molar-refractivity contribution is 7.80. The number of anilines is 1. The van der Waals surface area contributed by atoms with Crippen LogP contribution < -0.4 is 10.6 Å². The average molecular weight is 482 g/mol. The molecule has 5 nitrogen and oxygen atoms in total. The number of thiophene rings is 1. The van der Waals surface area contributed by atoms with E-state index >= 15 is 0 Å². The summed E-state index contributed by atoms with van der Waals surface area (Å²) in [6, 6.07) is 13.2. The smallest absolute Gasteiger partial charge is 0.250 e. The monoisotopic (exact) mass is 481 g/mol. The molecule has 1 aliphatic carbocycles. The van der Waals surface area contributed by atoms with Crippen molar-refractivity contribution in [1.82, 2.24) is 5.32 Å². The Balaban J connectivity index is 1.37. The second kappa shape index (κ2) is 9.70. The predicted octanol–water partition coefficient (Wildman–Crippen LogP) is 6.18. The number of hydrogen-bond acceptors (Lipinski definition) is 5. The molecule has 0 aliphatic heterocycles. The first-order valence-electron chi connectivity index (χ1n) is 10.1. The van der Waals surface area contributed by atoms with Crippen LogP contribution in [0.5, 0.6) is 0 Å². The Morgan fingerprint density at radius 1 is 1.31 bits per heavy atom. The van der Waals surface area contributed by atoms with Crippen LogP contribution in [-0.2, 0) is 17.6 Å². The molecule has 1 aliphatic rings. The normalized spacial score (nSPS) is 15.2. The number of hydrogen-bond donors (Lipinski definition) is 2. The lowest BCUT2D eigenvalue weighted by atomic mass is 9.89. The number of nitrogens with zero attached hydrogens (tertiary/aromatic N) is 1. The van der Waals surface area contributed by atoms with Crippen molar-refractivity contribution in [3.8, 4) is 17.4 Å². The van der Waals surface area contributed by atoms with Gasteiger partial charge in [-0.3, -0.25) is 10.1 Å². The van der Waals surface area contributed by atoms with Crippen molar-refractivity contribution in [3.05, 3.63) is 69.3 Å². The summed E-state index contributed by atoms with van der Waals surface area (Å²) >= 11 is 12.7. The quantitative estimate of drug-likeness (QED) is 0.343. The van der Waals surface area contributed by atoms with Gasteiger partial charge in [-0.15, -0.1) is 11.3 Å². The van der Waals surface area contributed by atoms with E-state index in [9.17, 15) is 10.1 Å². The van der Waals surface area contributed by atoms with Crippen LogP contribution in [-0.4, -0.2) is 11.0 Å². The third-order valence-corrected chi connectivity index (χ3v) is 6.87. The molecule has 2 N–H and O–H groups in total. The van der Waals surface area contributed by atoms with E-state index < -0.39 is 0 Å². The Kier molecular flexibility index (Phi) is 6.75. The number of benzene rings is 1. The Labute approximate surface area is 200 Å². The van der Waals surface area contributed by atoms with E-state index in [1.54, 1.807) is 35.6 Å². The highest BCUT2D eigenvalue weighted by Gasteiger charge is 2.24. The van der Waals surface area contributed by atoms with Gasteiger partial charge in [-0.2, -0.15) is 5.26 Å². The van der Waals surface area contributed by atoms with Crippen LogP contribution in [0.2, 0.25) is 5.02 Å². The van der Waals surface area contributed by atoms with Crippen molar-refractivity contribution in [2.24, 2.45) is 5.92 Å². The van der Waals surface area contributed by atoms with Gasteiger partial charge in [0.1, 0.15) is 22.6 Å². The summed E-state index contributed by atoms with van der Waals surface area (Å²) in [6.45, 7) is 2.22. The number of amides is 1. The number of rotatable bonds is 4. The van der Waals surface area contributed by atoms with Gasteiger partial charge >= 0.3 is 0 Å². The molecule has 8 heteroatoms. The molecule has 2 aromatic heterocycles. The fourth-order valence-corrected chi connectivity index (χ4v) is 5.37. The van der Waals surface area contributed by atoms with E-state index in [4.69, 9.17) is 28.2 Å². The first-order chi connectivity index (χ1) is 15.4. The van der Waals surface area contributed by atoms with E-state index in [1.807, 2.05) is 18.2 Å². The standard InChI is InChI=1S/C24H20ClN3O2S2/c1-14-2-9-18-19(13-26)23(32-21(18)12-14)28-24(31)27-22(29)11-8-17-7-10-20(30-17)15-3-5-16(25)6-4-15/h3-8,10-11,14H,2,9,12H2,1H3,(H2,27,28,29,31). The summed E-state index contributed by atoms with van der Waals surface area (Å²) < 4.78 is 5.75. The Bertz CT molecular complexity index is 1240. The van der Waals surface area contributed by atoms with Crippen LogP contribution in [0.25, 0.3) is 17.4 Å². The van der Waals surface area contributed by atoms with Crippen LogP contribution in [0.1, 0.15) is 35.1 Å². The summed E-state index contributed by atoms with van der Waals surface area (Å²) in [7, 11) is 0. The fourth-order valence-electron chi connectivity index (χ4n) is 3.61. The predicted molar refractivity (Wildman–Crippen MR) is 133 cm³/mol. The largest absolute Gasteiger partial charge is 0.457 e. The van der Waals surface area contributed by atoms with E-state index in [2.05, 4.69) is 23.6 Å². The second-order valence-corrected chi connectivity index (χ2v) is 9.60. The van der Waals surface area contributed by atoms with E-state index in [1.165, 1.54) is 11.0 Å². The number of thiocarbonyl (C=S) groups is 1. The number of furan rings is 1. The van der Waals surface area contributed by atoms with Crippen LogP contribution in [0.15, 0.2) is 46.9 Å². The lowest BCUT2D eigenvalue weighted by Gasteiger charge is -2.17. The maximum absolute atomic E-state index is 12.3. The molecule has 0 saturated carbocycles. The second-order valence-electron chi connectivity index (χ2n) is 7.65. The minimum Gasteiger partial charge on any atom is -0.457 e. The molecule has 32 heavy (non-hydrogen) atoms. The molecule has 4 rings (SSSR count). The molecule has 1 unspecified atom stereocenters. The number of carbonyl (C=O) groups excluding carboxylic acids is 1. The zero-order chi connectivity index (χ0) is 22.7. The third kappa shape index (κ3) is 5.10. The van der Waals surface area contributed by atoms with E-state index in [-0.39, 0.29) is 11.0 Å². The van der Waals surface area contributed by atoms with Crippen LogP contribution in [0, 0.1) is 17.2 Å². The summed E-state index contributed by atoms with van der Waals surface area (Å²) in [5.41, 5.74) is 2.64. The van der Waals surface area contributed by atoms with Gasteiger partial charge in [0.05, 0.1) is 5.56 Å². The molecular formula is C24H20ClN3O2S2. The Hall–Kier alpha value is -2.92. The van der Waals surface area contributed by atoms with Crippen LogP contribution in [0.4, 0.5) is 5.00 Å². The zero-order valence-corrected chi connectivity index (χ0v) is 19.7. The van der Waals surface area contributed by atoms with Crippen LogP contribution >= 0.6 is 35.2 Å². The molecule has 1 aromatic carbocycles. The summed E-state index contributed by atoms with van der Waals surface area (Å²) in [6.07, 6.45) is 5.88. The molecule has 0 radical (unpaired) electrons. The third-order valence-electron chi connectivity index (χ3n) is 5.24. The minimum atomic E-state index is -0.389. The zero-order valence-electron chi connectivity index (χ0n) is 17.3. The Morgan fingerprint density at radius 3 is 2.84 bits per heavy atom. The van der Waals surface area contributed by atoms with Gasteiger partial charge in [0.15, 0.2) is 5.11 Å². The molecule has 0 saturated heterocycles. The summed E-state index contributed by atoms with van der Waals surface area (Å²) in [4.78, 5) is 13.5. The average Bonchev–Trinajstić information content (AvgIpc) is 3.36. The highest BCUT2D eigenvalue weighted by Crippen LogP contribution is 2.39. The van der Waals surface area contributed by atoms with Gasteiger partial charge in [-0.05, 0) is 85.4 Å². The number of nitriles is 1. The number of carbonyl (C=O) groups is 1. The number of fused-ring (bicyclic) bond motifs is 1. The van der Waals surface area contributed by atoms with Gasteiger partial charge in [0.25, 0.3) is 0 Å². The maximum atomic E-state index is 12.3. The molecule has 0 fully saturated rings. The van der Waals surface area contributed by atoms with Crippen molar-refractivity contribution in [3.63, 3.8) is 0 Å². The van der Waals surface area contributed by atoms with Crippen molar-refractivity contribution < 1.29 is 9.21 Å². The van der Waals surface area contributed by atoms with Crippen molar-refractivity contribution in [1.29, 1.82) is 5.26 Å². The first-order valence-corrected chi connectivity index (χ1v) is 11.7. The molecular weight excluding hydrogens is 462 g/mol. The van der Waals surface area contributed by atoms with E-state index in [0.29, 0.717) is 33.0 Å². The molecule has 1 amide bonds. The lowest BCUT2D eigenvalue weighted by molar-refractivity contribution is -0.115. The number of nitrogens with one attached hydrogen (secondary N) is 2. The first kappa shape index (κ1) is 22.3. The van der Waals surface area contributed by atoms with Gasteiger partial charge in [-0.25, -0.2) is 0 Å². The topological polar surface area (TPSA) is 78.1 Å². The van der Waals surface area contributed by atoms with E-state index in [0.717, 1.165) is 30.4 Å². The molecule has 0 spiro atoms. The SMILES string of the molecule is CC1CCc2c(sc(NC(=S)NC(=O)C=Cc3ccc(-c4ccc(Cl)cc4)o3)c2C#N)C1. The van der Waals surface area contributed by atoms with Crippen molar-refractivity contribution in [2.45, 2.75) is 26.2 Å². The molecule has 3 aromatic rings. The van der Waals surface area contributed by atoms with Crippen LogP contribution in [0.3, 0.4) is 0 Å². The van der Waals surface area contributed by atoms with Crippen molar-refractivity contribution >= 4 is 57.3 Å². The van der Waals surface area contributed by atoms with Gasteiger partial charge < -0.3 is 9.73 Å². The van der Waals surface area contributed by atoms with Gasteiger partial charge in [0, 0.05) is 21.5 Å². The molecule has 1 atom stereocenters. The minimum absolute atomic E-state index is 0.157. The summed E-state index contributed by atoms with van der Waals surface area (Å²) in [5.74, 6) is 1.44.